The van der Waals surface area contributed by atoms with Gasteiger partial charge in [-0.25, -0.2) is 18.4 Å². The zero-order chi connectivity index (χ0) is 15.0. The third kappa shape index (κ3) is 2.66. The van der Waals surface area contributed by atoms with E-state index in [1.165, 1.54) is 0 Å². The van der Waals surface area contributed by atoms with Gasteiger partial charge in [0.2, 0.25) is 0 Å². The average Bonchev–Trinajstić information content (AvgIpc) is 2.94. The summed E-state index contributed by atoms with van der Waals surface area (Å²) in [6, 6.07) is 1.91. The van der Waals surface area contributed by atoms with Crippen molar-refractivity contribution in [2.24, 2.45) is 0 Å². The summed E-state index contributed by atoms with van der Waals surface area (Å²) in [5.74, 6) is 1.57. The third-order valence-corrected chi connectivity index (χ3v) is 6.53. The summed E-state index contributed by atoms with van der Waals surface area (Å²) >= 11 is 5.86. The van der Waals surface area contributed by atoms with E-state index in [0.29, 0.717) is 31.0 Å². The Hall–Kier alpha value is -1.14. The number of aromatic nitrogens is 3. The van der Waals surface area contributed by atoms with E-state index in [1.807, 2.05) is 17.6 Å². The van der Waals surface area contributed by atoms with Gasteiger partial charge in [0, 0.05) is 25.0 Å². The number of hydrogen-bond acceptors (Lipinski definition) is 4. The second kappa shape index (κ2) is 5.57. The molecule has 1 atom stereocenters. The number of hydrogen-bond donors (Lipinski definition) is 0. The predicted octanol–water partition coefficient (Wildman–Crippen LogP) is 2.10. The Morgan fingerprint density at radius 2 is 2.29 bits per heavy atom. The second-order valence-electron chi connectivity index (χ2n) is 5.51. The number of pyridine rings is 1. The molecule has 1 fully saturated rings. The number of nitrogens with zero attached hydrogens (tertiary/aromatic N) is 3. The van der Waals surface area contributed by atoms with E-state index in [2.05, 4.69) is 9.97 Å². The molecule has 2 aromatic heterocycles. The molecule has 0 spiro atoms. The van der Waals surface area contributed by atoms with Crippen molar-refractivity contribution < 1.29 is 8.42 Å². The van der Waals surface area contributed by atoms with Crippen LogP contribution in [0.15, 0.2) is 12.3 Å². The van der Waals surface area contributed by atoms with Crippen molar-refractivity contribution in [3.05, 3.63) is 23.7 Å². The van der Waals surface area contributed by atoms with Gasteiger partial charge >= 0.3 is 0 Å². The Balaban J connectivity index is 2.07. The van der Waals surface area contributed by atoms with Gasteiger partial charge in [0.25, 0.3) is 0 Å². The Bertz CT molecular complexity index is 770. The number of alkyl halides is 1. The maximum Gasteiger partial charge on any atom is 0.160 e. The standard InChI is InChI=1S/C14H18ClN3O2S/c1-10-5-7-16-14-13(10)17-12(4-6-15)18(14)9-11-3-2-8-21(11,19)20/h5,7,11H,2-4,6,8-9H2,1H3. The number of rotatable bonds is 4. The van der Waals surface area contributed by atoms with Crippen LogP contribution >= 0.6 is 11.6 Å². The van der Waals surface area contributed by atoms with Crippen LogP contribution in [0.4, 0.5) is 0 Å². The van der Waals surface area contributed by atoms with Crippen molar-refractivity contribution in [3.63, 3.8) is 0 Å². The van der Waals surface area contributed by atoms with Gasteiger partial charge in [0.15, 0.2) is 15.5 Å². The van der Waals surface area contributed by atoms with Gasteiger partial charge in [-0.2, -0.15) is 0 Å². The highest BCUT2D eigenvalue weighted by atomic mass is 35.5. The van der Waals surface area contributed by atoms with Gasteiger partial charge in [-0.15, -0.1) is 11.6 Å². The molecular weight excluding hydrogens is 310 g/mol. The predicted molar refractivity (Wildman–Crippen MR) is 83.5 cm³/mol. The monoisotopic (exact) mass is 327 g/mol. The summed E-state index contributed by atoms with van der Waals surface area (Å²) in [5, 5.41) is -0.328. The van der Waals surface area contributed by atoms with Crippen LogP contribution in [-0.2, 0) is 22.8 Å². The summed E-state index contributed by atoms with van der Waals surface area (Å²) in [7, 11) is -2.98. The molecule has 0 amide bonds. The van der Waals surface area contributed by atoms with Crippen LogP contribution in [-0.4, -0.2) is 39.8 Å². The molecule has 2 aromatic rings. The fourth-order valence-corrected chi connectivity index (χ4v) is 4.89. The summed E-state index contributed by atoms with van der Waals surface area (Å²) in [6.45, 7) is 2.42. The van der Waals surface area contributed by atoms with Crippen molar-refractivity contribution in [2.75, 3.05) is 11.6 Å². The highest BCUT2D eigenvalue weighted by Crippen LogP contribution is 2.25. The fourth-order valence-electron chi connectivity index (χ4n) is 2.92. The zero-order valence-corrected chi connectivity index (χ0v) is 13.5. The van der Waals surface area contributed by atoms with Crippen molar-refractivity contribution in [3.8, 4) is 0 Å². The first-order valence-corrected chi connectivity index (χ1v) is 9.36. The SMILES string of the molecule is Cc1ccnc2c1nc(CCCl)n2CC1CCCS1(=O)=O. The Morgan fingerprint density at radius 3 is 2.95 bits per heavy atom. The third-order valence-electron chi connectivity index (χ3n) is 4.08. The first-order valence-electron chi connectivity index (χ1n) is 7.11. The number of halogens is 1. The number of fused-ring (bicyclic) bond motifs is 1. The van der Waals surface area contributed by atoms with E-state index in [0.717, 1.165) is 29.0 Å². The van der Waals surface area contributed by atoms with Gasteiger partial charge < -0.3 is 4.57 Å². The molecule has 0 aliphatic carbocycles. The first-order chi connectivity index (χ1) is 10.0. The average molecular weight is 328 g/mol. The molecule has 3 heterocycles. The molecule has 0 saturated carbocycles. The molecule has 3 rings (SSSR count). The zero-order valence-electron chi connectivity index (χ0n) is 11.9. The molecule has 0 bridgehead atoms. The lowest BCUT2D eigenvalue weighted by molar-refractivity contribution is 0.562. The van der Waals surface area contributed by atoms with Crippen LogP contribution in [0, 0.1) is 6.92 Å². The summed E-state index contributed by atoms with van der Waals surface area (Å²) in [4.78, 5) is 9.01. The Labute approximate surface area is 129 Å². The molecule has 5 nitrogen and oxygen atoms in total. The van der Waals surface area contributed by atoms with Gasteiger partial charge in [0.1, 0.15) is 11.3 Å². The number of imidazole rings is 1. The molecule has 0 N–H and O–H groups in total. The van der Waals surface area contributed by atoms with Gasteiger partial charge in [0.05, 0.1) is 11.0 Å². The lowest BCUT2D eigenvalue weighted by Gasteiger charge is -2.13. The van der Waals surface area contributed by atoms with E-state index in [-0.39, 0.29) is 5.25 Å². The number of sulfone groups is 1. The van der Waals surface area contributed by atoms with Crippen LogP contribution in [0.5, 0.6) is 0 Å². The van der Waals surface area contributed by atoms with Crippen LogP contribution in [0.3, 0.4) is 0 Å². The van der Waals surface area contributed by atoms with Crippen molar-refractivity contribution in [2.45, 2.75) is 38.0 Å². The maximum atomic E-state index is 12.1. The van der Waals surface area contributed by atoms with Gasteiger partial charge in [-0.3, -0.25) is 0 Å². The Kier molecular flexibility index (Phi) is 3.92. The smallest absolute Gasteiger partial charge is 0.160 e. The van der Waals surface area contributed by atoms with Gasteiger partial charge in [-0.05, 0) is 31.4 Å². The summed E-state index contributed by atoms with van der Waals surface area (Å²) in [5.41, 5.74) is 2.65. The van der Waals surface area contributed by atoms with Crippen LogP contribution in [0.2, 0.25) is 0 Å². The van der Waals surface area contributed by atoms with Crippen LogP contribution in [0.1, 0.15) is 24.2 Å². The number of aryl methyl sites for hydroxylation is 2. The van der Waals surface area contributed by atoms with E-state index in [9.17, 15) is 8.42 Å². The minimum Gasteiger partial charge on any atom is -0.311 e. The minimum absolute atomic E-state index is 0.293. The van der Waals surface area contributed by atoms with E-state index >= 15 is 0 Å². The van der Waals surface area contributed by atoms with Crippen molar-refractivity contribution in [1.82, 2.24) is 14.5 Å². The molecule has 114 valence electrons. The van der Waals surface area contributed by atoms with E-state index in [1.54, 1.807) is 6.20 Å². The molecular formula is C14H18ClN3O2S. The molecule has 1 saturated heterocycles. The lowest BCUT2D eigenvalue weighted by Crippen LogP contribution is -2.23. The highest BCUT2D eigenvalue weighted by molar-refractivity contribution is 7.92. The molecule has 0 radical (unpaired) electrons. The molecule has 1 aliphatic rings. The lowest BCUT2D eigenvalue weighted by atomic mass is 10.2. The van der Waals surface area contributed by atoms with Gasteiger partial charge in [-0.1, -0.05) is 0 Å². The second-order valence-corrected chi connectivity index (χ2v) is 8.29. The molecule has 1 unspecified atom stereocenters. The maximum absolute atomic E-state index is 12.1. The fraction of sp³-hybridized carbons (Fsp3) is 0.571. The largest absolute Gasteiger partial charge is 0.311 e. The molecule has 21 heavy (non-hydrogen) atoms. The summed E-state index contributed by atoms with van der Waals surface area (Å²) in [6.07, 6.45) is 3.82. The topological polar surface area (TPSA) is 64.8 Å². The van der Waals surface area contributed by atoms with Crippen LogP contribution in [0.25, 0.3) is 11.2 Å². The Morgan fingerprint density at radius 1 is 1.48 bits per heavy atom. The van der Waals surface area contributed by atoms with E-state index in [4.69, 9.17) is 11.6 Å². The first kappa shape index (κ1) is 14.8. The minimum atomic E-state index is -2.98. The van der Waals surface area contributed by atoms with Crippen molar-refractivity contribution in [1.29, 1.82) is 0 Å². The molecule has 1 aliphatic heterocycles. The summed E-state index contributed by atoms with van der Waals surface area (Å²) < 4.78 is 26.1. The normalized spacial score (nSPS) is 21.1. The van der Waals surface area contributed by atoms with E-state index < -0.39 is 9.84 Å². The quantitative estimate of drug-likeness (QED) is 0.807. The molecule has 7 heteroatoms. The van der Waals surface area contributed by atoms with Crippen molar-refractivity contribution >= 4 is 32.6 Å². The van der Waals surface area contributed by atoms with Crippen LogP contribution < -0.4 is 0 Å². The highest BCUT2D eigenvalue weighted by Gasteiger charge is 2.32. The molecule has 0 aromatic carbocycles.